The Morgan fingerprint density at radius 2 is 0.537 bits per heavy atom. The molecule has 0 fully saturated rings. The van der Waals surface area contributed by atoms with Gasteiger partial charge >= 0.3 is 0 Å². The maximum absolute atomic E-state index is 4.58. The van der Waals surface area contributed by atoms with Crippen LogP contribution in [0.2, 0.25) is 0 Å². The number of hydrogen-bond acceptors (Lipinski definition) is 4. The van der Waals surface area contributed by atoms with Crippen molar-refractivity contribution in [3.8, 4) is 0 Å². The van der Waals surface area contributed by atoms with E-state index >= 15 is 0 Å². The number of thiophene rings is 1. The number of aromatic nitrogens is 2. The summed E-state index contributed by atoms with van der Waals surface area (Å²) in [6.07, 6.45) is 30.9. The van der Waals surface area contributed by atoms with Crippen molar-refractivity contribution in [1.82, 2.24) is 9.97 Å². The molecule has 4 aromatic heterocycles. The number of para-hydroxylation sites is 1. The van der Waals surface area contributed by atoms with Gasteiger partial charge in [0.1, 0.15) is 0 Å². The second kappa shape index (κ2) is 65.1. The number of benzene rings is 10. The zero-order chi connectivity index (χ0) is 89.5. The van der Waals surface area contributed by atoms with Gasteiger partial charge in [0.2, 0.25) is 0 Å². The normalized spacial score (nSPS) is 12.7. The molecule has 4 heterocycles. The van der Waals surface area contributed by atoms with Crippen LogP contribution in [-0.4, -0.2) is 9.97 Å². The Hall–Kier alpha value is -10.8. The molecule has 2 atom stereocenters. The lowest BCUT2D eigenvalue weighted by atomic mass is 9.65. The summed E-state index contributed by atoms with van der Waals surface area (Å²) < 4.78 is 4.58. The lowest BCUT2D eigenvalue weighted by Crippen LogP contribution is -2.28. The zero-order valence-electron chi connectivity index (χ0n) is 78.9. The third-order valence-corrected chi connectivity index (χ3v) is 15.8. The van der Waals surface area contributed by atoms with E-state index in [2.05, 4.69) is 461 Å². The third-order valence-electron chi connectivity index (χ3n) is 15.2. The first kappa shape index (κ1) is 106. The quantitative estimate of drug-likeness (QED) is 0.121. The summed E-state index contributed by atoms with van der Waals surface area (Å²) in [6, 6.07) is 95.5. The molecule has 10 aromatic carbocycles. The lowest BCUT2D eigenvalue weighted by molar-refractivity contribution is 0.564. The van der Waals surface area contributed by atoms with Gasteiger partial charge in [-0.2, -0.15) is 11.3 Å². The number of fused-ring (bicyclic) bond motifs is 7. The Morgan fingerprint density at radius 1 is 0.248 bits per heavy atom. The largest absolute Gasteiger partial charge is 0.473 e. The Bertz CT molecular complexity index is 4490. The smallest absolute Gasteiger partial charge is 0.0902 e. The summed E-state index contributed by atoms with van der Waals surface area (Å²) >= 11 is 1.71. The van der Waals surface area contributed by atoms with Gasteiger partial charge in [-0.1, -0.05) is 471 Å². The predicted molar refractivity (Wildman–Crippen MR) is 547 cm³/mol. The Labute approximate surface area is 740 Å². The minimum absolute atomic E-state index is 0.561. The Morgan fingerprint density at radius 3 is 0.818 bits per heavy atom. The second-order valence-corrected chi connectivity index (χ2v) is 36.1. The number of hydrogen-bond donors (Lipinski definition) is 0. The average Bonchev–Trinajstić information content (AvgIpc) is 0.871. The molecular formula is C117H152N2OS. The van der Waals surface area contributed by atoms with Crippen LogP contribution in [0.4, 0.5) is 0 Å². The monoisotopic (exact) mass is 1630 g/mol. The summed E-state index contributed by atoms with van der Waals surface area (Å²) in [5, 5.41) is 18.4. The van der Waals surface area contributed by atoms with Crippen LogP contribution in [0.25, 0.3) is 64.8 Å². The molecule has 3 nitrogen and oxygen atoms in total. The second-order valence-electron chi connectivity index (χ2n) is 35.3. The predicted octanol–water partition coefficient (Wildman–Crippen LogP) is 36.9. The molecule has 0 N–H and O–H groups in total. The van der Waals surface area contributed by atoms with Crippen molar-refractivity contribution in [1.29, 1.82) is 0 Å². The average molecular weight is 1630 g/mol. The molecule has 0 bridgehead atoms. The molecule has 2 unspecified atom stereocenters. The summed E-state index contributed by atoms with van der Waals surface area (Å²) in [7, 11) is 0. The molecule has 0 spiro atoms. The van der Waals surface area contributed by atoms with E-state index in [9.17, 15) is 0 Å². The van der Waals surface area contributed by atoms with Gasteiger partial charge < -0.3 is 4.42 Å². The molecule has 0 saturated carbocycles. The van der Waals surface area contributed by atoms with Crippen LogP contribution in [0.15, 0.2) is 408 Å². The molecule has 4 aliphatic rings. The van der Waals surface area contributed by atoms with Crippen molar-refractivity contribution in [3.05, 3.63) is 410 Å². The minimum atomic E-state index is 0.561. The van der Waals surface area contributed by atoms with E-state index in [4.69, 9.17) is 0 Å². The van der Waals surface area contributed by atoms with Crippen molar-refractivity contribution in [2.75, 3.05) is 0 Å². The molecule has 642 valence electrons. The molecular weight excluding hydrogens is 1480 g/mol. The molecule has 4 aliphatic carbocycles. The molecule has 0 aliphatic heterocycles. The number of furan rings is 1. The highest BCUT2D eigenvalue weighted by Crippen LogP contribution is 2.48. The van der Waals surface area contributed by atoms with Crippen LogP contribution in [0, 0.1) is 59.2 Å². The maximum atomic E-state index is 4.58. The van der Waals surface area contributed by atoms with Crippen LogP contribution < -0.4 is 0 Å². The van der Waals surface area contributed by atoms with Crippen molar-refractivity contribution >= 4 is 76.1 Å². The van der Waals surface area contributed by atoms with E-state index in [0.29, 0.717) is 17.8 Å². The number of rotatable bonds is 1. The van der Waals surface area contributed by atoms with Crippen molar-refractivity contribution in [2.45, 2.75) is 186 Å². The molecule has 14 aromatic rings. The van der Waals surface area contributed by atoms with Gasteiger partial charge in [0.15, 0.2) is 0 Å². The first-order valence-corrected chi connectivity index (χ1v) is 45.0. The fraction of sp³-hybridized carbons (Fsp3) is 0.316. The highest BCUT2D eigenvalue weighted by Gasteiger charge is 2.36. The van der Waals surface area contributed by atoms with Crippen molar-refractivity contribution in [3.63, 3.8) is 0 Å². The Kier molecular flexibility index (Phi) is 57.1. The van der Waals surface area contributed by atoms with Gasteiger partial charge in [-0.05, 0) is 194 Å². The van der Waals surface area contributed by atoms with E-state index in [1.807, 2.05) is 89.8 Å². The van der Waals surface area contributed by atoms with Crippen LogP contribution >= 0.6 is 11.3 Å². The van der Waals surface area contributed by atoms with Crippen molar-refractivity contribution < 1.29 is 4.42 Å². The molecule has 121 heavy (non-hydrogen) atoms. The van der Waals surface area contributed by atoms with Gasteiger partial charge in [0.25, 0.3) is 0 Å². The van der Waals surface area contributed by atoms with Gasteiger partial charge in [-0.25, -0.2) is 0 Å². The maximum Gasteiger partial charge on any atom is 0.0902 e. The minimum Gasteiger partial charge on any atom is -0.473 e. The van der Waals surface area contributed by atoms with Crippen LogP contribution in [0.1, 0.15) is 191 Å². The molecule has 4 heteroatoms. The number of nitrogens with zero attached hydrogens (tertiary/aromatic N) is 2. The Balaban J connectivity index is 0.000000448. The fourth-order valence-corrected chi connectivity index (χ4v) is 11.2. The standard InChI is InChI=1S/C16H12.2C14H10.C10H8.C9H7N.C9H12.C5H5N.C4H4O.C4H4S.8C4H10/c1-3-11-7-9-13-5-2-6-14-10-8-12(4-1)15(11)16(13)14;1-3-7-13-11(5-1)9-10-12-6-2-4-8-14(12)13;1-2-6-12-10-14-8-4-3-7-13(14)9-11(12)5-1;1-2-6-10-8-4-3-7-9(10)5-1;1-2-6-9-8(4-1)5-3-7-10-9;1-8(2)9-6-4-3-5-7-9;1-2-4-6-5-3-1;2*1-2-4-5-3-1;8*1-4(2)3/h1-10,15-16H;2*1-10H;1-8H;1-7H;3-8H,1-2H3;1-5H;2*1-4H;8*4H,1-3H3. The molecule has 18 rings (SSSR count). The van der Waals surface area contributed by atoms with Crippen molar-refractivity contribution in [2.24, 2.45) is 59.2 Å². The van der Waals surface area contributed by atoms with Crippen LogP contribution in [-0.2, 0) is 0 Å². The summed E-state index contributed by atoms with van der Waals surface area (Å²) in [6.45, 7) is 56.4. The zero-order valence-corrected chi connectivity index (χ0v) is 79.8. The topological polar surface area (TPSA) is 38.9 Å². The first-order chi connectivity index (χ1) is 57.9. The SMILES string of the molecule is C1=CC2=CC=C3C=CC=C4C=CC(=C1)C2C43.CC(C)C.CC(C)C.CC(C)C.CC(C)C.CC(C)C.CC(C)C.CC(C)C.CC(C)C.CC(C)c1ccccc1.c1ccc2c(c1)ccc1ccccc12.c1ccc2cc3ccccc3cc2c1.c1ccc2ccccc2c1.c1ccc2ncccc2c1.c1ccncc1.c1ccoc1.c1ccsc1. The number of pyridine rings is 2. The van der Waals surface area contributed by atoms with Crippen LogP contribution in [0.5, 0.6) is 0 Å². The lowest BCUT2D eigenvalue weighted by Gasteiger charge is -2.39. The highest BCUT2D eigenvalue weighted by molar-refractivity contribution is 7.07. The van der Waals surface area contributed by atoms with Gasteiger partial charge in [0.05, 0.1) is 18.0 Å². The summed E-state index contributed by atoms with van der Waals surface area (Å²) in [5.41, 5.74) is 8.30. The van der Waals surface area contributed by atoms with E-state index < -0.39 is 0 Å². The molecule has 0 radical (unpaired) electrons. The summed E-state index contributed by atoms with van der Waals surface area (Å²) in [5.74, 6) is 8.45. The van der Waals surface area contributed by atoms with Gasteiger partial charge in [-0.3, -0.25) is 9.97 Å². The van der Waals surface area contributed by atoms with Gasteiger partial charge in [-0.15, -0.1) is 0 Å². The number of allylic oxidation sites excluding steroid dienone is 14. The van der Waals surface area contributed by atoms with Crippen LogP contribution in [0.3, 0.4) is 0 Å². The first-order valence-electron chi connectivity index (χ1n) is 44.1. The van der Waals surface area contributed by atoms with E-state index in [0.717, 1.165) is 52.9 Å². The van der Waals surface area contributed by atoms with Gasteiger partial charge in [0, 0.05) is 35.8 Å². The molecule has 0 saturated heterocycles. The van der Waals surface area contributed by atoms with E-state index in [1.165, 1.54) is 87.1 Å². The van der Waals surface area contributed by atoms with E-state index in [1.54, 1.807) is 36.3 Å². The van der Waals surface area contributed by atoms with E-state index in [-0.39, 0.29) is 0 Å². The fourth-order valence-electron chi connectivity index (χ4n) is 10.7. The molecule has 0 amide bonds. The third kappa shape index (κ3) is 51.4. The summed E-state index contributed by atoms with van der Waals surface area (Å²) in [4.78, 5) is 7.97. The highest BCUT2D eigenvalue weighted by atomic mass is 32.1.